The highest BCUT2D eigenvalue weighted by Gasteiger charge is 2.25. The molecule has 2 bridgehead atoms. The van der Waals surface area contributed by atoms with Gasteiger partial charge in [0.05, 0.1) is 29.5 Å². The molecule has 0 fully saturated rings. The highest BCUT2D eigenvalue weighted by Crippen LogP contribution is 2.32. The Kier molecular flexibility index (Phi) is 6.37. The Morgan fingerprint density at radius 1 is 1.39 bits per heavy atom. The summed E-state index contributed by atoms with van der Waals surface area (Å²) in [6.45, 7) is 4.03. The molecule has 1 aliphatic rings. The highest BCUT2D eigenvalue weighted by atomic mass is 19.3. The molecule has 0 aliphatic carbocycles. The molecule has 3 rings (SSSR count). The molecular weight excluding hydrogens is 408 g/mol. The summed E-state index contributed by atoms with van der Waals surface area (Å²) in [5, 5.41) is 9.16. The summed E-state index contributed by atoms with van der Waals surface area (Å²) in [7, 11) is 0. The van der Waals surface area contributed by atoms with Gasteiger partial charge in [0.1, 0.15) is 11.3 Å². The lowest BCUT2D eigenvalue weighted by Crippen LogP contribution is -2.35. The van der Waals surface area contributed by atoms with Crippen molar-refractivity contribution in [2.24, 2.45) is 5.92 Å². The Morgan fingerprint density at radius 3 is 2.81 bits per heavy atom. The predicted molar refractivity (Wildman–Crippen MR) is 110 cm³/mol. The van der Waals surface area contributed by atoms with Crippen molar-refractivity contribution in [2.75, 3.05) is 5.32 Å². The van der Waals surface area contributed by atoms with E-state index in [1.165, 1.54) is 12.4 Å². The summed E-state index contributed by atoms with van der Waals surface area (Å²) in [6.07, 6.45) is 5.87. The number of amides is 2. The van der Waals surface area contributed by atoms with E-state index in [-0.39, 0.29) is 23.0 Å². The van der Waals surface area contributed by atoms with Gasteiger partial charge in [0, 0.05) is 6.20 Å². The van der Waals surface area contributed by atoms with Crippen molar-refractivity contribution in [2.45, 2.75) is 52.3 Å². The number of carbonyl (C=O) groups is 2. The van der Waals surface area contributed by atoms with Gasteiger partial charge < -0.3 is 15.4 Å². The summed E-state index contributed by atoms with van der Waals surface area (Å²) >= 11 is 0. The van der Waals surface area contributed by atoms with E-state index in [0.717, 1.165) is 0 Å². The van der Waals surface area contributed by atoms with Gasteiger partial charge >= 0.3 is 12.6 Å². The third-order valence-electron chi connectivity index (χ3n) is 4.57. The zero-order valence-corrected chi connectivity index (χ0v) is 17.7. The quantitative estimate of drug-likeness (QED) is 0.683. The number of pyridine rings is 1. The van der Waals surface area contributed by atoms with Crippen molar-refractivity contribution in [3.8, 4) is 11.4 Å². The molecule has 2 amide bonds. The smallest absolute Gasteiger partial charge is 0.408 e. The molecule has 166 valence electrons. The Balaban J connectivity index is 2.07. The minimum absolute atomic E-state index is 0.0158. The molecule has 31 heavy (non-hydrogen) atoms. The average molecular weight is 433 g/mol. The minimum Gasteiger partial charge on any atom is -0.444 e. The topological polar surface area (TPSA) is 98.1 Å². The van der Waals surface area contributed by atoms with Crippen molar-refractivity contribution in [3.63, 3.8) is 0 Å². The second-order valence-corrected chi connectivity index (χ2v) is 8.24. The molecule has 2 N–H and O–H groups in total. The molecule has 2 aromatic rings. The van der Waals surface area contributed by atoms with Crippen LogP contribution in [0, 0.1) is 5.92 Å². The van der Waals surface area contributed by atoms with E-state index in [2.05, 4.69) is 20.7 Å². The van der Waals surface area contributed by atoms with Crippen molar-refractivity contribution in [3.05, 3.63) is 42.2 Å². The second-order valence-electron chi connectivity index (χ2n) is 8.24. The Hall–Kier alpha value is -3.30. The summed E-state index contributed by atoms with van der Waals surface area (Å²) in [5.74, 6) is -0.907. The lowest BCUT2D eigenvalue weighted by Gasteiger charge is -2.24. The van der Waals surface area contributed by atoms with Crippen LogP contribution in [0.15, 0.2) is 36.7 Å². The fourth-order valence-corrected chi connectivity index (χ4v) is 3.13. The van der Waals surface area contributed by atoms with Crippen molar-refractivity contribution < 1.29 is 23.1 Å². The molecule has 0 saturated carbocycles. The van der Waals surface area contributed by atoms with Crippen LogP contribution in [0.3, 0.4) is 0 Å². The predicted octanol–water partition coefficient (Wildman–Crippen LogP) is 4.44. The lowest BCUT2D eigenvalue weighted by molar-refractivity contribution is -0.118. The Bertz CT molecular complexity index is 997. The maximum atomic E-state index is 13.6. The number of anilines is 1. The van der Waals surface area contributed by atoms with Gasteiger partial charge in [0.15, 0.2) is 0 Å². The molecule has 10 heteroatoms. The fraction of sp³-hybridized carbons (Fsp3) is 0.429. The second kappa shape index (κ2) is 8.83. The third kappa shape index (κ3) is 5.44. The number of alkyl halides is 2. The zero-order valence-electron chi connectivity index (χ0n) is 17.7. The number of nitrogens with one attached hydrogen (secondary N) is 2. The van der Waals surface area contributed by atoms with Crippen molar-refractivity contribution in [1.29, 1.82) is 0 Å². The van der Waals surface area contributed by atoms with Gasteiger partial charge in [-0.1, -0.05) is 19.1 Å². The van der Waals surface area contributed by atoms with E-state index in [1.807, 2.05) is 0 Å². The van der Waals surface area contributed by atoms with Crippen LogP contribution in [0.25, 0.3) is 11.4 Å². The molecule has 0 saturated heterocycles. The van der Waals surface area contributed by atoms with Gasteiger partial charge in [-0.3, -0.25) is 9.78 Å². The zero-order chi connectivity index (χ0) is 22.8. The van der Waals surface area contributed by atoms with E-state index in [4.69, 9.17) is 4.74 Å². The highest BCUT2D eigenvalue weighted by molar-refractivity contribution is 5.96. The van der Waals surface area contributed by atoms with Crippen LogP contribution in [0.2, 0.25) is 0 Å². The van der Waals surface area contributed by atoms with Gasteiger partial charge in [-0.25, -0.2) is 4.79 Å². The van der Waals surface area contributed by atoms with E-state index in [9.17, 15) is 18.4 Å². The number of alkyl carbamates (subject to hydrolysis) is 1. The van der Waals surface area contributed by atoms with Gasteiger partial charge in [-0.05, 0) is 44.9 Å². The first-order valence-electron chi connectivity index (χ1n) is 9.84. The normalized spacial score (nSPS) is 19.1. The van der Waals surface area contributed by atoms with Gasteiger partial charge in [-0.2, -0.15) is 18.6 Å². The maximum Gasteiger partial charge on any atom is 0.408 e. The first-order valence-corrected chi connectivity index (χ1v) is 9.84. The molecular formula is C21H25F2N5O3. The van der Waals surface area contributed by atoms with Crippen LogP contribution < -0.4 is 10.6 Å². The van der Waals surface area contributed by atoms with Gasteiger partial charge in [0.25, 0.3) is 0 Å². The number of halogens is 2. The molecule has 0 unspecified atom stereocenters. The van der Waals surface area contributed by atoms with Crippen LogP contribution in [0.4, 0.5) is 19.3 Å². The van der Waals surface area contributed by atoms with E-state index < -0.39 is 30.2 Å². The third-order valence-corrected chi connectivity index (χ3v) is 4.57. The lowest BCUT2D eigenvalue weighted by atomic mass is 10.0. The molecule has 3 heterocycles. The van der Waals surface area contributed by atoms with Crippen LogP contribution in [-0.4, -0.2) is 32.4 Å². The number of nitrogens with zero attached hydrogens (tertiary/aromatic N) is 3. The van der Waals surface area contributed by atoms with E-state index >= 15 is 0 Å². The number of hydrogen-bond acceptors (Lipinski definition) is 5. The molecule has 0 spiro atoms. The molecule has 8 nitrogen and oxygen atoms in total. The molecule has 2 aromatic heterocycles. The summed E-state index contributed by atoms with van der Waals surface area (Å²) in [5.41, 5.74) is 0.275. The summed E-state index contributed by atoms with van der Waals surface area (Å²) in [6, 6.07) is 2.76. The number of hydrogen-bond donors (Lipinski definition) is 2. The van der Waals surface area contributed by atoms with Crippen LogP contribution in [0.1, 0.15) is 52.3 Å². The molecule has 0 radical (unpaired) electrons. The van der Waals surface area contributed by atoms with Gasteiger partial charge in [-0.15, -0.1) is 0 Å². The van der Waals surface area contributed by atoms with Crippen LogP contribution in [0.5, 0.6) is 0 Å². The molecule has 0 aromatic carbocycles. The monoisotopic (exact) mass is 433 g/mol. The first-order chi connectivity index (χ1) is 14.5. The number of aromatic nitrogens is 3. The standard InChI is InChI=1S/C21H25F2N5O3/c1-12-6-5-7-14(27-20(30)31-21(2,3)4)13-8-9-24-15(10-13)17-16(26-18(12)29)11-25-28(17)19(22)23/h5-6,8-12,14,19H,7H2,1-4H3,(H,26,29)(H,27,30)/t12-,14+/m1/s1. The Labute approximate surface area is 178 Å². The molecule has 1 aliphatic heterocycles. The summed E-state index contributed by atoms with van der Waals surface area (Å²) in [4.78, 5) is 29.1. The van der Waals surface area contributed by atoms with Crippen LogP contribution in [-0.2, 0) is 9.53 Å². The van der Waals surface area contributed by atoms with E-state index in [1.54, 1.807) is 52.0 Å². The Morgan fingerprint density at radius 2 is 2.13 bits per heavy atom. The minimum atomic E-state index is -2.92. The number of rotatable bonds is 2. The van der Waals surface area contributed by atoms with E-state index in [0.29, 0.717) is 16.7 Å². The largest absolute Gasteiger partial charge is 0.444 e. The van der Waals surface area contributed by atoms with Gasteiger partial charge in [0.2, 0.25) is 5.91 Å². The SMILES string of the molecule is C[C@@H]1C=CC[C@H](NC(=O)OC(C)(C)C)c2ccnc(c2)-c2c(cnn2C(F)F)NC1=O. The average Bonchev–Trinajstić information content (AvgIpc) is 3.08. The molecule has 2 atom stereocenters. The summed E-state index contributed by atoms with van der Waals surface area (Å²) < 4.78 is 33.0. The van der Waals surface area contributed by atoms with Crippen molar-refractivity contribution in [1.82, 2.24) is 20.1 Å². The maximum absolute atomic E-state index is 13.6. The number of fused-ring (bicyclic) bond motifs is 4. The first kappa shape index (κ1) is 22.4. The fourth-order valence-electron chi connectivity index (χ4n) is 3.13. The number of ether oxygens (including phenoxy) is 1. The van der Waals surface area contributed by atoms with Crippen LogP contribution >= 0.6 is 0 Å². The number of carbonyl (C=O) groups excluding carboxylic acids is 2. The van der Waals surface area contributed by atoms with Crippen molar-refractivity contribution >= 4 is 17.7 Å².